The molecule has 2 aromatic heterocycles. The number of aromatic nitrogens is 4. The number of nitrogens with zero attached hydrogens (tertiary/aromatic N) is 4. The Labute approximate surface area is 151 Å². The van der Waals surface area contributed by atoms with Gasteiger partial charge in [0.05, 0.1) is 12.7 Å². The molecule has 0 fully saturated rings. The average molecular weight is 357 g/mol. The largest absolute Gasteiger partial charge is 0.309 e. The van der Waals surface area contributed by atoms with Crippen LogP contribution in [0.1, 0.15) is 17.8 Å². The first-order valence-electron chi connectivity index (χ1n) is 8.32. The first-order valence-corrected chi connectivity index (χ1v) is 9.30. The van der Waals surface area contributed by atoms with E-state index in [1.54, 1.807) is 17.9 Å². The van der Waals surface area contributed by atoms with E-state index in [4.69, 9.17) is 0 Å². The molecule has 0 amide bonds. The molecule has 132 valence electrons. The Morgan fingerprint density at radius 3 is 2.80 bits per heavy atom. The Morgan fingerprint density at radius 1 is 1.28 bits per heavy atom. The number of hydrogen-bond acceptors (Lipinski definition) is 5. The van der Waals surface area contributed by atoms with Crippen LogP contribution in [0.4, 0.5) is 0 Å². The van der Waals surface area contributed by atoms with E-state index in [2.05, 4.69) is 51.2 Å². The van der Waals surface area contributed by atoms with E-state index in [-0.39, 0.29) is 5.56 Å². The van der Waals surface area contributed by atoms with E-state index in [0.29, 0.717) is 23.4 Å². The minimum absolute atomic E-state index is 0.128. The monoisotopic (exact) mass is 357 g/mol. The lowest BCUT2D eigenvalue weighted by Gasteiger charge is -2.15. The quantitative estimate of drug-likeness (QED) is 0.520. The summed E-state index contributed by atoms with van der Waals surface area (Å²) in [4.78, 5) is 22.9. The molecule has 0 saturated heterocycles. The topological polar surface area (TPSA) is 66.8 Å². The molecule has 6 nitrogen and oxygen atoms in total. The molecule has 0 bridgehead atoms. The van der Waals surface area contributed by atoms with Gasteiger partial charge >= 0.3 is 0 Å². The van der Waals surface area contributed by atoms with Gasteiger partial charge in [-0.05, 0) is 44.8 Å². The molecule has 0 saturated carbocycles. The zero-order valence-electron chi connectivity index (χ0n) is 14.8. The molecular formula is C18H23N5OS. The van der Waals surface area contributed by atoms with E-state index >= 15 is 0 Å². The van der Waals surface area contributed by atoms with Crippen LogP contribution in [-0.2, 0) is 13.6 Å². The zero-order chi connectivity index (χ0) is 17.8. The van der Waals surface area contributed by atoms with Gasteiger partial charge in [0.1, 0.15) is 11.2 Å². The van der Waals surface area contributed by atoms with Gasteiger partial charge in [0, 0.05) is 11.9 Å². The summed E-state index contributed by atoms with van der Waals surface area (Å²) in [6.07, 6.45) is 2.63. The van der Waals surface area contributed by atoms with Gasteiger partial charge in [0.2, 0.25) is 0 Å². The molecule has 0 atom stereocenters. The van der Waals surface area contributed by atoms with E-state index in [1.165, 1.54) is 10.5 Å². The van der Waals surface area contributed by atoms with Gasteiger partial charge in [-0.2, -0.15) is 5.10 Å². The molecule has 2 heterocycles. The highest BCUT2D eigenvalue weighted by Crippen LogP contribution is 2.19. The van der Waals surface area contributed by atoms with E-state index in [9.17, 15) is 4.79 Å². The number of aromatic amines is 1. The molecule has 0 radical (unpaired) electrons. The first-order chi connectivity index (χ1) is 12.0. The van der Waals surface area contributed by atoms with Gasteiger partial charge in [0.25, 0.3) is 5.56 Å². The smallest absolute Gasteiger partial charge is 0.262 e. The first kappa shape index (κ1) is 17.7. The molecule has 25 heavy (non-hydrogen) atoms. The van der Waals surface area contributed by atoms with Crippen LogP contribution in [0.15, 0.2) is 40.2 Å². The number of rotatable bonds is 7. The number of H-pyrrole nitrogens is 1. The van der Waals surface area contributed by atoms with Gasteiger partial charge in [-0.3, -0.25) is 14.4 Å². The van der Waals surface area contributed by atoms with Crippen molar-refractivity contribution in [1.82, 2.24) is 24.6 Å². The lowest BCUT2D eigenvalue weighted by atomic mass is 10.2. The molecule has 0 spiro atoms. The van der Waals surface area contributed by atoms with Crippen molar-refractivity contribution in [1.29, 1.82) is 0 Å². The molecule has 3 rings (SSSR count). The Kier molecular flexibility index (Phi) is 5.55. The maximum atomic E-state index is 12.1. The maximum Gasteiger partial charge on any atom is 0.262 e. The highest BCUT2D eigenvalue weighted by Gasteiger charge is 2.09. The fraction of sp³-hybridized carbons (Fsp3) is 0.389. The molecule has 0 aliphatic carbocycles. The van der Waals surface area contributed by atoms with Crippen LogP contribution in [0.2, 0.25) is 0 Å². The maximum absolute atomic E-state index is 12.1. The average Bonchev–Trinajstić information content (AvgIpc) is 2.95. The lowest BCUT2D eigenvalue weighted by molar-refractivity contribution is 0.320. The minimum Gasteiger partial charge on any atom is -0.309 e. The summed E-state index contributed by atoms with van der Waals surface area (Å²) in [7, 11) is 3.84. The van der Waals surface area contributed by atoms with E-state index in [1.807, 2.05) is 18.8 Å². The summed E-state index contributed by atoms with van der Waals surface area (Å²) >= 11 is 1.87. The second kappa shape index (κ2) is 7.84. The third-order valence-corrected chi connectivity index (χ3v) is 5.14. The van der Waals surface area contributed by atoms with Crippen molar-refractivity contribution in [2.45, 2.75) is 24.8 Å². The van der Waals surface area contributed by atoms with Crippen LogP contribution in [0, 0.1) is 6.92 Å². The van der Waals surface area contributed by atoms with Crippen molar-refractivity contribution in [2.24, 2.45) is 7.05 Å². The molecule has 7 heteroatoms. The van der Waals surface area contributed by atoms with Crippen molar-refractivity contribution in [3.63, 3.8) is 0 Å². The zero-order valence-corrected chi connectivity index (χ0v) is 15.6. The van der Waals surface area contributed by atoms with Crippen LogP contribution < -0.4 is 5.56 Å². The summed E-state index contributed by atoms with van der Waals surface area (Å²) in [6.45, 7) is 3.67. The highest BCUT2D eigenvalue weighted by molar-refractivity contribution is 7.99. The summed E-state index contributed by atoms with van der Waals surface area (Å²) in [5.74, 6) is 1.74. The third-order valence-electron chi connectivity index (χ3n) is 4.04. The van der Waals surface area contributed by atoms with E-state index in [0.717, 1.165) is 18.7 Å². The second-order valence-corrected chi connectivity index (χ2v) is 7.44. The van der Waals surface area contributed by atoms with Crippen molar-refractivity contribution in [2.75, 3.05) is 19.3 Å². The molecule has 0 aliphatic heterocycles. The molecule has 1 aromatic carbocycles. The van der Waals surface area contributed by atoms with Gasteiger partial charge in [-0.15, -0.1) is 11.8 Å². The minimum atomic E-state index is -0.128. The number of aryl methyl sites for hydroxylation is 2. The second-order valence-electron chi connectivity index (χ2n) is 6.27. The fourth-order valence-corrected chi connectivity index (χ4v) is 3.48. The predicted octanol–water partition coefficient (Wildman–Crippen LogP) is 2.58. The number of fused-ring (bicyclic) bond motifs is 1. The van der Waals surface area contributed by atoms with Crippen LogP contribution in [-0.4, -0.2) is 44.0 Å². The fourth-order valence-electron chi connectivity index (χ4n) is 2.65. The Morgan fingerprint density at radius 2 is 2.04 bits per heavy atom. The molecule has 3 aromatic rings. The van der Waals surface area contributed by atoms with Crippen molar-refractivity contribution < 1.29 is 0 Å². The highest BCUT2D eigenvalue weighted by atomic mass is 32.2. The van der Waals surface area contributed by atoms with Crippen molar-refractivity contribution in [3.8, 4) is 0 Å². The predicted molar refractivity (Wildman–Crippen MR) is 102 cm³/mol. The third kappa shape index (κ3) is 4.49. The summed E-state index contributed by atoms with van der Waals surface area (Å²) < 4.78 is 1.63. The Balaban J connectivity index is 1.50. The molecule has 0 unspecified atom stereocenters. The Bertz CT molecular complexity index is 900. The SMILES string of the molecule is Cc1ccc(SCCCN(C)Cc2nc3c(cnn3C)c(=O)[nH]2)cc1. The van der Waals surface area contributed by atoms with Crippen LogP contribution in [0.3, 0.4) is 0 Å². The van der Waals surface area contributed by atoms with Crippen LogP contribution >= 0.6 is 11.8 Å². The van der Waals surface area contributed by atoms with E-state index < -0.39 is 0 Å². The van der Waals surface area contributed by atoms with Crippen molar-refractivity contribution in [3.05, 3.63) is 52.2 Å². The summed E-state index contributed by atoms with van der Waals surface area (Å²) in [5, 5.41) is 4.62. The number of nitrogens with one attached hydrogen (secondary N) is 1. The normalized spacial score (nSPS) is 11.5. The lowest BCUT2D eigenvalue weighted by Crippen LogP contribution is -2.23. The molecule has 0 aliphatic rings. The standard InChI is InChI=1S/C18H23N5OS/c1-13-5-7-14(8-6-13)25-10-4-9-22(2)12-16-20-17-15(18(24)21-16)11-19-23(17)3/h5-8,11H,4,9-10,12H2,1-3H3,(H,20,21,24). The van der Waals surface area contributed by atoms with Crippen LogP contribution in [0.5, 0.6) is 0 Å². The number of hydrogen-bond donors (Lipinski definition) is 1. The molecular weight excluding hydrogens is 334 g/mol. The van der Waals surface area contributed by atoms with Gasteiger partial charge in [0.15, 0.2) is 5.65 Å². The summed E-state index contributed by atoms with van der Waals surface area (Å²) in [6, 6.07) is 8.62. The Hall–Kier alpha value is -2.12. The number of thioether (sulfide) groups is 1. The van der Waals surface area contributed by atoms with Crippen LogP contribution in [0.25, 0.3) is 11.0 Å². The van der Waals surface area contributed by atoms with Gasteiger partial charge in [-0.25, -0.2) is 4.98 Å². The number of benzene rings is 1. The van der Waals surface area contributed by atoms with Gasteiger partial charge in [-0.1, -0.05) is 17.7 Å². The summed E-state index contributed by atoms with van der Waals surface area (Å²) in [5.41, 5.74) is 1.79. The molecule has 1 N–H and O–H groups in total. The van der Waals surface area contributed by atoms with Gasteiger partial charge < -0.3 is 4.98 Å². The van der Waals surface area contributed by atoms with Crippen molar-refractivity contribution >= 4 is 22.8 Å².